The zero-order valence-electron chi connectivity index (χ0n) is 72.5. The van der Waals surface area contributed by atoms with Crippen LogP contribution in [-0.4, -0.2) is 346 Å². The molecule has 123 heavy (non-hydrogen) atoms. The number of unbranched alkanes of at least 4 members (excludes halogenated alkanes) is 24. The molecule has 3 aliphatic heterocycles. The first kappa shape index (κ1) is 111. The van der Waals surface area contributed by atoms with Gasteiger partial charge in [0.2, 0.25) is 18.9 Å². The van der Waals surface area contributed by atoms with Crippen LogP contribution in [0.15, 0.2) is 52.8 Å². The molecule has 4 rings (SSSR count). The van der Waals surface area contributed by atoms with Crippen LogP contribution in [0, 0.1) is 16.2 Å². The Labute approximate surface area is 723 Å². The van der Waals surface area contributed by atoms with E-state index in [1.165, 1.54) is 0 Å². The van der Waals surface area contributed by atoms with Gasteiger partial charge in [0.1, 0.15) is 91.6 Å². The van der Waals surface area contributed by atoms with Crippen LogP contribution < -0.4 is 0 Å². The lowest BCUT2D eigenvalue weighted by molar-refractivity contribution is -0.318. The monoisotopic (exact) mass is 1780 g/mol. The van der Waals surface area contributed by atoms with E-state index in [2.05, 4.69) is 20.8 Å². The molecule has 3 saturated heterocycles. The Morgan fingerprint density at radius 1 is 0.309 bits per heavy atom. The first-order valence-corrected chi connectivity index (χ1v) is 44.8. The van der Waals surface area contributed by atoms with E-state index in [-0.39, 0.29) is 38.5 Å². The van der Waals surface area contributed by atoms with E-state index in [4.69, 9.17) is 42.6 Å². The van der Waals surface area contributed by atoms with E-state index in [1.54, 1.807) is 18.2 Å². The summed E-state index contributed by atoms with van der Waals surface area (Å²) in [6.45, 7) is -2.09. The summed E-state index contributed by atoms with van der Waals surface area (Å²) < 4.78 is 55.9. The zero-order chi connectivity index (χ0) is 91.2. The third-order valence-electron chi connectivity index (χ3n) is 23.9. The van der Waals surface area contributed by atoms with Crippen molar-refractivity contribution in [2.45, 2.75) is 381 Å². The Kier molecular flexibility index (Phi) is 54.4. The molecule has 11 unspecified atom stereocenters. The molecule has 720 valence electrons. The van der Waals surface area contributed by atoms with Crippen molar-refractivity contribution in [3.05, 3.63) is 69.4 Å². The van der Waals surface area contributed by atoms with E-state index < -0.39 is 279 Å². The molecule has 27 N–H and O–H groups in total. The SMILES string of the molecule is CCCCCCCCCCCC(CO[C@@H]1OC(CO)[C@@H](O)C(O)C1O)(CO[C@@H]1OC(CO)[C@@H](O)C(O)C1O)Cc1cc(C[C@](CCCCCCCCCCC)(CO[C@@H]2OC(CO)[C@@H](O)C(O)C2O)CO[C@H](O)/C(O)=C(/O)[C@H](O)CCO)ccc1CC(CCCCCCCCCCC)(COC(O)/C(O)=C(\O)[C@H](O)CCO)CO[C@H](O)/C(O)=C(/O)[C@H](O)CCO. The molecule has 3 aliphatic rings. The highest BCUT2D eigenvalue weighted by Crippen LogP contribution is 2.43. The second-order valence-corrected chi connectivity index (χ2v) is 34.3. The van der Waals surface area contributed by atoms with Gasteiger partial charge in [-0.3, -0.25) is 0 Å². The van der Waals surface area contributed by atoms with Crippen LogP contribution in [0.4, 0.5) is 0 Å². The molecule has 1 aromatic rings. The van der Waals surface area contributed by atoms with E-state index >= 15 is 0 Å². The van der Waals surface area contributed by atoms with Crippen molar-refractivity contribution < 1.29 is 181 Å². The molecule has 3 heterocycles. The minimum Gasteiger partial charge on any atom is -0.506 e. The van der Waals surface area contributed by atoms with Gasteiger partial charge in [0.05, 0.1) is 59.5 Å². The standard InChI is InChI=1S/C87H156O36/c1-4-7-10-13-16-19-22-25-28-36-85(49-115-79(112)73(106)64(97)58(94)33-39-88,52-118-82-76(109)70(103)67(100)61(46-91)121-82)43-55-31-32-56(44-86(37-29-26-23-20-17-14-11-8-5-2,50-116-80(113)74(107)65(98)59(95)34-40-89)51-117-81(114)75(108)66(99)60(96)35-41-90)57(42-55)45-87(38-30-27-24-21-18-15-12-9-6-3,53-119-83-77(110)71(104)68(101)62(47-92)122-83)54-120-84-78(111)72(105)69(102)63(48-93)123-84/h31-32,42,58-63,67-72,76-84,88-114H,4-30,33-41,43-54H2,1-3H3/b73-64-,74-65-,75-66+/t58-,59-,60-,61?,62?,63?,67-,68-,69-,70?,71?,72?,76?,77?,78?,79+,80+,81?,82-,83-,84-,85+,86?,87?/m1/s1. The molecule has 0 saturated carbocycles. The summed E-state index contributed by atoms with van der Waals surface area (Å²) >= 11 is 0. The molecule has 0 aromatic heterocycles. The lowest BCUT2D eigenvalue weighted by Crippen LogP contribution is -2.60. The topological polar surface area (TPSA) is 629 Å². The van der Waals surface area contributed by atoms with Crippen molar-refractivity contribution in [2.24, 2.45) is 16.2 Å². The molecule has 0 radical (unpaired) electrons. The number of hydrogen-bond acceptors (Lipinski definition) is 36. The van der Waals surface area contributed by atoms with Gasteiger partial charge in [0.25, 0.3) is 0 Å². The van der Waals surface area contributed by atoms with Crippen molar-refractivity contribution >= 4 is 0 Å². The van der Waals surface area contributed by atoms with Crippen LogP contribution in [0.2, 0.25) is 0 Å². The maximum absolute atomic E-state index is 11.8. The molecular weight excluding hydrogens is 1620 g/mol. The highest BCUT2D eigenvalue weighted by molar-refractivity contribution is 5.35. The van der Waals surface area contributed by atoms with E-state index in [1.807, 2.05) is 0 Å². The summed E-state index contributed by atoms with van der Waals surface area (Å²) in [7, 11) is 0. The highest BCUT2D eigenvalue weighted by atomic mass is 16.7. The summed E-state index contributed by atoms with van der Waals surface area (Å²) in [4.78, 5) is 0. The average molecular weight is 1780 g/mol. The van der Waals surface area contributed by atoms with Gasteiger partial charge in [0.15, 0.2) is 53.4 Å². The number of rotatable bonds is 69. The van der Waals surface area contributed by atoms with Gasteiger partial charge in [-0.15, -0.1) is 0 Å². The van der Waals surface area contributed by atoms with Gasteiger partial charge in [-0.25, -0.2) is 0 Å². The van der Waals surface area contributed by atoms with E-state index in [0.717, 1.165) is 122 Å². The Morgan fingerprint density at radius 2 is 0.561 bits per heavy atom. The first-order valence-electron chi connectivity index (χ1n) is 44.8. The summed E-state index contributed by atoms with van der Waals surface area (Å²) in [5.41, 5.74) is -3.83. The van der Waals surface area contributed by atoms with Crippen LogP contribution in [0.3, 0.4) is 0 Å². The van der Waals surface area contributed by atoms with Crippen molar-refractivity contribution in [1.82, 2.24) is 0 Å². The van der Waals surface area contributed by atoms with Gasteiger partial charge in [-0.05, 0) is 55.2 Å². The summed E-state index contributed by atoms with van der Waals surface area (Å²) in [6, 6.07) is 5.06. The van der Waals surface area contributed by atoms with Crippen LogP contribution >= 0.6 is 0 Å². The Balaban J connectivity index is 2.31. The molecule has 0 spiro atoms. The van der Waals surface area contributed by atoms with Gasteiger partial charge >= 0.3 is 0 Å². The number of hydrogen-bond donors (Lipinski definition) is 27. The van der Waals surface area contributed by atoms with E-state index in [0.29, 0.717) is 68.1 Å². The van der Waals surface area contributed by atoms with Gasteiger partial charge in [-0.1, -0.05) is 212 Å². The van der Waals surface area contributed by atoms with E-state index in [9.17, 15) is 138 Å². The molecule has 0 aliphatic carbocycles. The van der Waals surface area contributed by atoms with Crippen molar-refractivity contribution in [3.63, 3.8) is 0 Å². The largest absolute Gasteiger partial charge is 0.506 e. The first-order chi connectivity index (χ1) is 58.8. The van der Waals surface area contributed by atoms with Crippen molar-refractivity contribution in [3.8, 4) is 0 Å². The van der Waals surface area contributed by atoms with Crippen LogP contribution in [0.1, 0.15) is 249 Å². The lowest BCUT2D eigenvalue weighted by atomic mass is 9.72. The lowest BCUT2D eigenvalue weighted by Gasteiger charge is -2.44. The quantitative estimate of drug-likeness (QED) is 0.0251. The molecule has 3 fully saturated rings. The molecule has 36 nitrogen and oxygen atoms in total. The molecule has 36 heteroatoms. The number of ether oxygens (including phenoxy) is 9. The molecular formula is C87H156O36. The molecule has 0 bridgehead atoms. The Hall–Kier alpha value is -3.96. The minimum atomic E-state index is -2.46. The summed E-state index contributed by atoms with van der Waals surface area (Å²) in [6.07, 6.45) is -20.3. The van der Waals surface area contributed by atoms with Crippen molar-refractivity contribution in [2.75, 3.05) is 79.3 Å². The summed E-state index contributed by atoms with van der Waals surface area (Å²) in [5.74, 6) is -7.28. The fourth-order valence-corrected chi connectivity index (χ4v) is 16.0. The van der Waals surface area contributed by atoms with Crippen LogP contribution in [0.25, 0.3) is 0 Å². The number of aliphatic hydroxyl groups excluding tert-OH is 27. The normalized spacial score (nSPS) is 27.1. The zero-order valence-corrected chi connectivity index (χ0v) is 72.5. The average Bonchev–Trinajstić information content (AvgIpc) is 0.783. The van der Waals surface area contributed by atoms with Crippen LogP contribution in [0.5, 0.6) is 0 Å². The third-order valence-corrected chi connectivity index (χ3v) is 23.9. The Bertz CT molecular complexity index is 2950. The summed E-state index contributed by atoms with van der Waals surface area (Å²) in [5, 5.41) is 297. The maximum Gasteiger partial charge on any atom is 0.217 e. The smallest absolute Gasteiger partial charge is 0.217 e. The predicted molar refractivity (Wildman–Crippen MR) is 445 cm³/mol. The van der Waals surface area contributed by atoms with Crippen molar-refractivity contribution in [1.29, 1.82) is 0 Å². The third kappa shape index (κ3) is 37.1. The van der Waals surface area contributed by atoms with Gasteiger partial charge in [-0.2, -0.15) is 0 Å². The van der Waals surface area contributed by atoms with Gasteiger partial charge < -0.3 is 181 Å². The number of benzene rings is 1. The number of aliphatic hydroxyl groups is 27. The molecule has 0 amide bonds. The van der Waals surface area contributed by atoms with Gasteiger partial charge in [0, 0.05) is 55.3 Å². The fourth-order valence-electron chi connectivity index (χ4n) is 16.0. The Morgan fingerprint density at radius 3 is 0.829 bits per heavy atom. The second kappa shape index (κ2) is 60.1. The fraction of sp³-hybridized carbons (Fsp3) is 0.862. The molecule has 23 atom stereocenters. The maximum atomic E-state index is 11.8. The van der Waals surface area contributed by atoms with Crippen LogP contribution in [-0.2, 0) is 61.9 Å². The minimum absolute atomic E-state index is 0.00857. The second-order valence-electron chi connectivity index (χ2n) is 34.3. The predicted octanol–water partition coefficient (Wildman–Crippen LogP) is 3.70. The molecule has 1 aromatic carbocycles. The highest BCUT2D eigenvalue weighted by Gasteiger charge is 2.50.